The molecule has 1 heterocycles. The van der Waals surface area contributed by atoms with Gasteiger partial charge in [-0.2, -0.15) is 13.2 Å². The van der Waals surface area contributed by atoms with Crippen LogP contribution in [0.15, 0.2) is 18.2 Å². The Kier molecular flexibility index (Phi) is 7.78. The standard InChI is InChI=1S/C12H13Cl2NO3.C2HF3O2/c1-17-12(16)10-5-8(6-15-10)18-11-3-2-7(13)4-9(11)14;3-2(4,5)1(6)7/h2-4,8,10,15H,5-6H2,1H3;(H,6,7)/t8-,10-;/m1./s1. The minimum Gasteiger partial charge on any atom is -0.542 e. The highest BCUT2D eigenvalue weighted by atomic mass is 35.5. The van der Waals surface area contributed by atoms with E-state index in [0.29, 0.717) is 28.8 Å². The first-order valence-electron chi connectivity index (χ1n) is 6.85. The molecule has 1 aliphatic rings. The van der Waals surface area contributed by atoms with E-state index in [0.717, 1.165) is 0 Å². The Balaban J connectivity index is 0.000000381. The molecule has 140 valence electrons. The summed E-state index contributed by atoms with van der Waals surface area (Å²) in [5.41, 5.74) is 0. The van der Waals surface area contributed by atoms with Crippen molar-refractivity contribution in [2.75, 3.05) is 13.7 Å². The highest BCUT2D eigenvalue weighted by Crippen LogP contribution is 2.29. The molecule has 1 aliphatic heterocycles. The van der Waals surface area contributed by atoms with Gasteiger partial charge in [0.1, 0.15) is 18.3 Å². The first-order chi connectivity index (χ1) is 11.5. The molecule has 0 aliphatic carbocycles. The molecular weight excluding hydrogens is 390 g/mol. The zero-order valence-electron chi connectivity index (χ0n) is 12.8. The van der Waals surface area contributed by atoms with E-state index < -0.39 is 12.1 Å². The lowest BCUT2D eigenvalue weighted by Crippen LogP contribution is -2.89. The van der Waals surface area contributed by atoms with Gasteiger partial charge in [0, 0.05) is 5.02 Å². The maximum absolute atomic E-state index is 11.4. The molecule has 0 unspecified atom stereocenters. The minimum atomic E-state index is -5.19. The van der Waals surface area contributed by atoms with Crippen LogP contribution < -0.4 is 15.2 Å². The van der Waals surface area contributed by atoms with Crippen LogP contribution >= 0.6 is 23.2 Å². The van der Waals surface area contributed by atoms with Gasteiger partial charge in [-0.15, -0.1) is 0 Å². The Bertz CT molecular complexity index is 627. The first kappa shape index (κ1) is 21.3. The summed E-state index contributed by atoms with van der Waals surface area (Å²) in [6.07, 6.45) is -4.63. The second kappa shape index (κ2) is 9.12. The number of carboxylic acids is 1. The number of nitrogens with two attached hydrogens (primary N) is 1. The van der Waals surface area contributed by atoms with Crippen LogP contribution in [-0.4, -0.2) is 43.9 Å². The highest BCUT2D eigenvalue weighted by Gasteiger charge is 2.35. The van der Waals surface area contributed by atoms with Gasteiger partial charge >= 0.3 is 12.1 Å². The van der Waals surface area contributed by atoms with Crippen molar-refractivity contribution < 1.29 is 42.7 Å². The molecule has 11 heteroatoms. The maximum atomic E-state index is 11.4. The van der Waals surface area contributed by atoms with Gasteiger partial charge < -0.3 is 24.7 Å². The fourth-order valence-electron chi connectivity index (χ4n) is 1.98. The van der Waals surface area contributed by atoms with Crippen LogP contribution in [0.25, 0.3) is 0 Å². The van der Waals surface area contributed by atoms with E-state index in [2.05, 4.69) is 0 Å². The van der Waals surface area contributed by atoms with E-state index in [1.165, 1.54) is 7.11 Å². The van der Waals surface area contributed by atoms with Crippen LogP contribution in [0.3, 0.4) is 0 Å². The number of carboxylic acid groups (broad SMARTS) is 1. The van der Waals surface area contributed by atoms with Crippen LogP contribution in [0, 0.1) is 0 Å². The number of rotatable bonds is 3. The number of ether oxygens (including phenoxy) is 2. The largest absolute Gasteiger partial charge is 0.542 e. The smallest absolute Gasteiger partial charge is 0.430 e. The number of halogens is 5. The lowest BCUT2D eigenvalue weighted by atomic mass is 10.2. The average Bonchev–Trinajstić information content (AvgIpc) is 2.97. The highest BCUT2D eigenvalue weighted by molar-refractivity contribution is 6.35. The normalized spacial score (nSPS) is 19.6. The lowest BCUT2D eigenvalue weighted by Gasteiger charge is -2.12. The van der Waals surface area contributed by atoms with E-state index in [-0.39, 0.29) is 18.1 Å². The molecule has 0 aromatic heterocycles. The zero-order chi connectivity index (χ0) is 19.2. The quantitative estimate of drug-likeness (QED) is 0.743. The van der Waals surface area contributed by atoms with Crippen molar-refractivity contribution in [3.05, 3.63) is 28.2 Å². The monoisotopic (exact) mass is 403 g/mol. The average molecular weight is 404 g/mol. The van der Waals surface area contributed by atoms with Crippen LogP contribution in [0.5, 0.6) is 5.75 Å². The second-order valence-corrected chi connectivity index (χ2v) is 5.78. The van der Waals surface area contributed by atoms with E-state index in [1.54, 1.807) is 18.2 Å². The van der Waals surface area contributed by atoms with Gasteiger partial charge in [-0.3, -0.25) is 0 Å². The summed E-state index contributed by atoms with van der Waals surface area (Å²) in [7, 11) is 1.39. The second-order valence-electron chi connectivity index (χ2n) is 4.94. The number of esters is 1. The zero-order valence-corrected chi connectivity index (χ0v) is 14.3. The van der Waals surface area contributed by atoms with Gasteiger partial charge in [-0.25, -0.2) is 4.79 Å². The molecule has 1 aromatic rings. The number of carbonyl (C=O) groups excluding carboxylic acids is 2. The van der Waals surface area contributed by atoms with Crippen molar-refractivity contribution in [2.45, 2.75) is 24.7 Å². The fraction of sp³-hybridized carbons (Fsp3) is 0.429. The van der Waals surface area contributed by atoms with Crippen LogP contribution in [0.1, 0.15) is 6.42 Å². The Labute approximate surface area is 150 Å². The molecule has 0 amide bonds. The number of hydrogen-bond acceptors (Lipinski definition) is 5. The summed E-state index contributed by atoms with van der Waals surface area (Å²) in [5.74, 6) is -2.64. The fourth-order valence-corrected chi connectivity index (χ4v) is 2.44. The van der Waals surface area contributed by atoms with Crippen molar-refractivity contribution in [1.82, 2.24) is 0 Å². The summed E-state index contributed by atoms with van der Waals surface area (Å²) in [4.78, 5) is 20.2. The minimum absolute atomic E-state index is 0.0484. The topological polar surface area (TPSA) is 92.3 Å². The molecule has 0 radical (unpaired) electrons. The number of alkyl halides is 3. The Morgan fingerprint density at radius 1 is 1.32 bits per heavy atom. The van der Waals surface area contributed by atoms with Gasteiger partial charge in [-0.05, 0) is 18.2 Å². The SMILES string of the molecule is COC(=O)[C@H]1C[C@@H](Oc2ccc(Cl)cc2Cl)C[NH2+]1.O=C([O-])C(F)(F)F. The molecule has 6 nitrogen and oxygen atoms in total. The van der Waals surface area contributed by atoms with E-state index in [1.807, 2.05) is 5.32 Å². The third kappa shape index (κ3) is 6.97. The molecule has 1 aromatic carbocycles. The van der Waals surface area contributed by atoms with Crippen molar-refractivity contribution >= 4 is 35.1 Å². The van der Waals surface area contributed by atoms with Gasteiger partial charge in [0.2, 0.25) is 0 Å². The molecule has 0 saturated carbocycles. The summed E-state index contributed by atoms with van der Waals surface area (Å²) >= 11 is 11.8. The summed E-state index contributed by atoms with van der Waals surface area (Å²) in [6, 6.07) is 4.90. The van der Waals surface area contributed by atoms with Crippen LogP contribution in [-0.2, 0) is 14.3 Å². The molecule has 1 fully saturated rings. The third-order valence-electron chi connectivity index (χ3n) is 3.12. The summed E-state index contributed by atoms with van der Waals surface area (Å²) < 4.78 is 42.0. The first-order valence-corrected chi connectivity index (χ1v) is 7.61. The summed E-state index contributed by atoms with van der Waals surface area (Å²) in [5, 5.41) is 11.7. The lowest BCUT2D eigenvalue weighted by molar-refractivity contribution is -0.660. The van der Waals surface area contributed by atoms with Crippen molar-refractivity contribution in [3.8, 4) is 5.75 Å². The van der Waals surface area contributed by atoms with Gasteiger partial charge in [-0.1, -0.05) is 23.2 Å². The molecule has 2 atom stereocenters. The number of benzene rings is 1. The predicted octanol–water partition coefficient (Wildman–Crippen LogP) is 0.548. The Morgan fingerprint density at radius 3 is 2.40 bits per heavy atom. The predicted molar refractivity (Wildman–Crippen MR) is 79.2 cm³/mol. The number of quaternary nitrogens is 1. The molecule has 25 heavy (non-hydrogen) atoms. The van der Waals surface area contributed by atoms with Gasteiger partial charge in [0.15, 0.2) is 12.1 Å². The third-order valence-corrected chi connectivity index (χ3v) is 3.65. The molecule has 2 N–H and O–H groups in total. The van der Waals surface area contributed by atoms with E-state index in [4.69, 9.17) is 42.6 Å². The maximum Gasteiger partial charge on any atom is 0.430 e. The molecule has 0 bridgehead atoms. The number of aliphatic carboxylic acids is 1. The van der Waals surface area contributed by atoms with E-state index >= 15 is 0 Å². The summed E-state index contributed by atoms with van der Waals surface area (Å²) in [6.45, 7) is 0.707. The van der Waals surface area contributed by atoms with Crippen molar-refractivity contribution in [3.63, 3.8) is 0 Å². The number of hydrogen-bond donors (Lipinski definition) is 1. The number of methoxy groups -OCH3 is 1. The van der Waals surface area contributed by atoms with Gasteiger partial charge in [0.25, 0.3) is 0 Å². The molecule has 1 saturated heterocycles. The van der Waals surface area contributed by atoms with Crippen molar-refractivity contribution in [2.24, 2.45) is 0 Å². The number of carbonyl (C=O) groups is 2. The molecule has 0 spiro atoms. The molecular formula is C14H14Cl2F3NO5. The van der Waals surface area contributed by atoms with Crippen molar-refractivity contribution in [1.29, 1.82) is 0 Å². The van der Waals surface area contributed by atoms with Crippen LogP contribution in [0.2, 0.25) is 10.0 Å². The van der Waals surface area contributed by atoms with Gasteiger partial charge in [0.05, 0.1) is 18.6 Å². The Morgan fingerprint density at radius 2 is 1.92 bits per heavy atom. The van der Waals surface area contributed by atoms with Crippen LogP contribution in [0.4, 0.5) is 13.2 Å². The van der Waals surface area contributed by atoms with E-state index in [9.17, 15) is 18.0 Å². The molecule has 2 rings (SSSR count). The Hall–Kier alpha value is -1.71.